The molecule has 6 heteroatoms. The Bertz CT molecular complexity index is 713. The fourth-order valence-electron chi connectivity index (χ4n) is 2.02. The quantitative estimate of drug-likeness (QED) is 0.941. The Kier molecular flexibility index (Phi) is 3.94. The largest absolute Gasteiger partial charge is 0.480 e. The maximum absolute atomic E-state index is 12.3. The van der Waals surface area contributed by atoms with Gasteiger partial charge in [-0.25, -0.2) is 4.68 Å². The summed E-state index contributed by atoms with van der Waals surface area (Å²) in [6, 6.07) is 1.87. The van der Waals surface area contributed by atoms with Crippen molar-refractivity contribution in [2.45, 2.75) is 46.1 Å². The molecule has 20 heavy (non-hydrogen) atoms. The van der Waals surface area contributed by atoms with E-state index in [4.69, 9.17) is 5.11 Å². The zero-order chi connectivity index (χ0) is 15.0. The normalized spacial score (nSPS) is 11.7. The molecule has 0 atom stereocenters. The monoisotopic (exact) mass is 294 g/mol. The Morgan fingerprint density at radius 1 is 1.35 bits per heavy atom. The van der Waals surface area contributed by atoms with Crippen LogP contribution in [0.15, 0.2) is 10.9 Å². The van der Waals surface area contributed by atoms with Crippen molar-refractivity contribution in [2.75, 3.05) is 0 Å². The van der Waals surface area contributed by atoms with E-state index in [-0.39, 0.29) is 11.5 Å². The van der Waals surface area contributed by atoms with Crippen LogP contribution in [-0.4, -0.2) is 20.9 Å². The highest BCUT2D eigenvalue weighted by molar-refractivity contribution is 7.19. The van der Waals surface area contributed by atoms with Gasteiger partial charge in [-0.15, -0.1) is 11.3 Å². The molecule has 1 N–H and O–H groups in total. The van der Waals surface area contributed by atoms with E-state index in [1.807, 2.05) is 19.9 Å². The van der Waals surface area contributed by atoms with Crippen molar-refractivity contribution in [3.63, 3.8) is 0 Å². The van der Waals surface area contributed by atoms with E-state index in [9.17, 15) is 9.59 Å². The van der Waals surface area contributed by atoms with Crippen LogP contribution in [0.1, 0.15) is 50.1 Å². The molecule has 0 amide bonds. The fraction of sp³-hybridized carbons (Fsp3) is 0.500. The van der Waals surface area contributed by atoms with Crippen molar-refractivity contribution < 1.29 is 9.90 Å². The van der Waals surface area contributed by atoms with Crippen LogP contribution >= 0.6 is 11.3 Å². The third-order valence-electron chi connectivity index (χ3n) is 3.08. The summed E-state index contributed by atoms with van der Waals surface area (Å²) in [5, 5.41) is 13.7. The summed E-state index contributed by atoms with van der Waals surface area (Å²) in [6.45, 7) is 7.73. The van der Waals surface area contributed by atoms with Crippen LogP contribution in [0.4, 0.5) is 0 Å². The zero-order valence-corrected chi connectivity index (χ0v) is 12.8. The lowest BCUT2D eigenvalue weighted by Gasteiger charge is -2.09. The second-order valence-corrected chi connectivity index (χ2v) is 6.53. The van der Waals surface area contributed by atoms with E-state index < -0.39 is 12.5 Å². The van der Waals surface area contributed by atoms with Crippen LogP contribution in [0, 0.1) is 0 Å². The van der Waals surface area contributed by atoms with Crippen molar-refractivity contribution in [1.82, 2.24) is 9.78 Å². The Morgan fingerprint density at radius 3 is 2.50 bits per heavy atom. The van der Waals surface area contributed by atoms with Gasteiger partial charge in [0.15, 0.2) is 0 Å². The summed E-state index contributed by atoms with van der Waals surface area (Å²) in [6.07, 6.45) is 0. The summed E-state index contributed by atoms with van der Waals surface area (Å²) in [7, 11) is 0. The van der Waals surface area contributed by atoms with Crippen molar-refractivity contribution >= 4 is 27.4 Å². The molecule has 0 saturated carbocycles. The molecular formula is C14H18N2O3S. The van der Waals surface area contributed by atoms with Gasteiger partial charge in [-0.1, -0.05) is 27.7 Å². The van der Waals surface area contributed by atoms with Crippen LogP contribution in [-0.2, 0) is 11.3 Å². The lowest BCUT2D eigenvalue weighted by atomic mass is 10.1. The zero-order valence-electron chi connectivity index (χ0n) is 12.0. The first-order valence-electron chi connectivity index (χ1n) is 6.57. The van der Waals surface area contributed by atoms with E-state index in [1.165, 1.54) is 0 Å². The van der Waals surface area contributed by atoms with E-state index in [1.54, 1.807) is 11.3 Å². The molecule has 0 aliphatic carbocycles. The minimum atomic E-state index is -1.06. The van der Waals surface area contributed by atoms with Crippen LogP contribution in [0.3, 0.4) is 0 Å². The van der Waals surface area contributed by atoms with Crippen molar-refractivity contribution in [1.29, 1.82) is 0 Å². The number of nitrogens with zero attached hydrogens (tertiary/aromatic N) is 2. The second kappa shape index (κ2) is 5.36. The molecule has 0 aliphatic rings. The first-order chi connectivity index (χ1) is 9.31. The number of carbonyl (C=O) groups is 1. The van der Waals surface area contributed by atoms with Crippen LogP contribution in [0.2, 0.25) is 0 Å². The summed E-state index contributed by atoms with van der Waals surface area (Å²) in [5.41, 5.74) is 0.465. The third kappa shape index (κ3) is 2.60. The molecule has 2 heterocycles. The Hall–Kier alpha value is -1.69. The van der Waals surface area contributed by atoms with E-state index in [0.717, 1.165) is 20.0 Å². The average molecular weight is 294 g/mol. The maximum atomic E-state index is 12.3. The van der Waals surface area contributed by atoms with Gasteiger partial charge in [0.1, 0.15) is 6.54 Å². The summed E-state index contributed by atoms with van der Waals surface area (Å²) < 4.78 is 1.94. The number of aromatic nitrogens is 2. The summed E-state index contributed by atoms with van der Waals surface area (Å²) in [4.78, 5) is 24.3. The lowest BCUT2D eigenvalue weighted by molar-refractivity contribution is -0.138. The van der Waals surface area contributed by atoms with Gasteiger partial charge in [-0.3, -0.25) is 9.59 Å². The summed E-state index contributed by atoms with van der Waals surface area (Å²) in [5.74, 6) is -0.593. The molecule has 0 bridgehead atoms. The Morgan fingerprint density at radius 2 is 2.00 bits per heavy atom. The number of carboxylic acid groups (broad SMARTS) is 1. The molecule has 5 nitrogen and oxygen atoms in total. The van der Waals surface area contributed by atoms with Crippen molar-refractivity contribution in [3.05, 3.63) is 27.0 Å². The molecule has 108 valence electrons. The first-order valence-corrected chi connectivity index (χ1v) is 7.39. The molecule has 0 aliphatic heterocycles. The van der Waals surface area contributed by atoms with E-state index in [2.05, 4.69) is 18.9 Å². The number of hydrogen-bond acceptors (Lipinski definition) is 4. The predicted octanol–water partition coefficient (Wildman–Crippen LogP) is 2.79. The average Bonchev–Trinajstić information content (AvgIpc) is 2.77. The van der Waals surface area contributed by atoms with Crippen LogP contribution < -0.4 is 5.56 Å². The minimum Gasteiger partial charge on any atom is -0.480 e. The number of aliphatic carboxylic acids is 1. The van der Waals surface area contributed by atoms with Gasteiger partial charge in [0.05, 0.1) is 15.8 Å². The first kappa shape index (κ1) is 14.7. The topological polar surface area (TPSA) is 72.2 Å². The number of fused-ring (bicyclic) bond motifs is 1. The SMILES string of the molecule is CC(C)c1cc2c(=O)n(CC(=O)O)nc(C(C)C)c2s1. The molecule has 2 aromatic rings. The molecule has 0 aromatic carbocycles. The van der Waals surface area contributed by atoms with Crippen molar-refractivity contribution in [2.24, 2.45) is 0 Å². The summed E-state index contributed by atoms with van der Waals surface area (Å²) >= 11 is 1.58. The highest BCUT2D eigenvalue weighted by Crippen LogP contribution is 2.32. The maximum Gasteiger partial charge on any atom is 0.325 e. The van der Waals surface area contributed by atoms with Gasteiger partial charge in [0, 0.05) is 4.88 Å². The molecule has 2 aromatic heterocycles. The van der Waals surface area contributed by atoms with Gasteiger partial charge >= 0.3 is 5.97 Å². The Labute approximate surface area is 120 Å². The second-order valence-electron chi connectivity index (χ2n) is 5.44. The standard InChI is InChI=1S/C14H18N2O3S/c1-7(2)10-5-9-13(20-10)12(8(3)4)15-16(14(9)19)6-11(17)18/h5,7-8H,6H2,1-4H3,(H,17,18). The third-order valence-corrected chi connectivity index (χ3v) is 4.54. The van der Waals surface area contributed by atoms with E-state index >= 15 is 0 Å². The minimum absolute atomic E-state index is 0.136. The number of hydrogen-bond donors (Lipinski definition) is 1. The highest BCUT2D eigenvalue weighted by atomic mass is 32.1. The number of rotatable bonds is 4. The van der Waals surface area contributed by atoms with Crippen molar-refractivity contribution in [3.8, 4) is 0 Å². The van der Waals surface area contributed by atoms with Gasteiger partial charge in [-0.05, 0) is 17.9 Å². The predicted molar refractivity (Wildman–Crippen MR) is 79.7 cm³/mol. The van der Waals surface area contributed by atoms with Gasteiger partial charge in [-0.2, -0.15) is 5.10 Å². The number of thiophene rings is 1. The molecular weight excluding hydrogens is 276 g/mol. The molecule has 2 rings (SSSR count). The van der Waals surface area contributed by atoms with Crippen LogP contribution in [0.5, 0.6) is 0 Å². The number of carboxylic acids is 1. The van der Waals surface area contributed by atoms with Gasteiger partial charge in [0.25, 0.3) is 5.56 Å². The fourth-order valence-corrected chi connectivity index (χ4v) is 3.30. The van der Waals surface area contributed by atoms with Gasteiger partial charge < -0.3 is 5.11 Å². The molecule has 0 unspecified atom stereocenters. The molecule has 0 radical (unpaired) electrons. The van der Waals surface area contributed by atoms with E-state index in [0.29, 0.717) is 11.3 Å². The smallest absolute Gasteiger partial charge is 0.325 e. The Balaban J connectivity index is 2.77. The molecule has 0 saturated heterocycles. The molecule has 0 spiro atoms. The van der Waals surface area contributed by atoms with Gasteiger partial charge in [0.2, 0.25) is 0 Å². The highest BCUT2D eigenvalue weighted by Gasteiger charge is 2.18. The molecule has 0 fully saturated rings. The lowest BCUT2D eigenvalue weighted by Crippen LogP contribution is -2.27. The van der Waals surface area contributed by atoms with Crippen LogP contribution in [0.25, 0.3) is 10.1 Å².